The molecule has 1 atom stereocenters. The Morgan fingerprint density at radius 3 is 2.65 bits per heavy atom. The van der Waals surface area contributed by atoms with Crippen molar-refractivity contribution < 1.29 is 9.53 Å². The summed E-state index contributed by atoms with van der Waals surface area (Å²) >= 11 is 0. The van der Waals surface area contributed by atoms with Crippen molar-refractivity contribution in [1.82, 2.24) is 0 Å². The number of ether oxygens (including phenoxy) is 1. The molecule has 1 unspecified atom stereocenters. The minimum atomic E-state index is -1.11. The van der Waals surface area contributed by atoms with E-state index in [0.29, 0.717) is 13.0 Å². The Morgan fingerprint density at radius 2 is 2.12 bits per heavy atom. The van der Waals surface area contributed by atoms with Crippen molar-refractivity contribution in [3.63, 3.8) is 0 Å². The molecule has 0 spiro atoms. The molecule has 3 heteroatoms. The lowest BCUT2D eigenvalue weighted by Gasteiger charge is -2.20. The van der Waals surface area contributed by atoms with Crippen molar-refractivity contribution in [3.8, 4) is 6.07 Å². The lowest BCUT2D eigenvalue weighted by molar-refractivity contribution is -0.151. The zero-order valence-electron chi connectivity index (χ0n) is 10.5. The lowest BCUT2D eigenvalue weighted by Crippen LogP contribution is -2.31. The Bertz CT molecular complexity index is 448. The first-order chi connectivity index (χ1) is 8.03. The number of rotatable bonds is 4. The molecule has 0 heterocycles. The second kappa shape index (κ2) is 5.49. The minimum absolute atomic E-state index is 0.296. The molecule has 17 heavy (non-hydrogen) atoms. The first kappa shape index (κ1) is 13.2. The Labute approximate surface area is 102 Å². The van der Waals surface area contributed by atoms with Crippen molar-refractivity contribution in [2.45, 2.75) is 27.2 Å². The van der Waals surface area contributed by atoms with Crippen LogP contribution < -0.4 is 0 Å². The highest BCUT2D eigenvalue weighted by atomic mass is 16.5. The van der Waals surface area contributed by atoms with Crippen LogP contribution in [0.3, 0.4) is 0 Å². The van der Waals surface area contributed by atoms with Crippen LogP contribution in [-0.2, 0) is 16.0 Å². The molecule has 3 nitrogen and oxygen atoms in total. The van der Waals surface area contributed by atoms with Gasteiger partial charge in [0.05, 0.1) is 12.7 Å². The van der Waals surface area contributed by atoms with Crippen LogP contribution in [0.2, 0.25) is 0 Å². The fraction of sp³-hybridized carbons (Fsp3) is 0.429. The van der Waals surface area contributed by atoms with Gasteiger partial charge in [-0.1, -0.05) is 24.3 Å². The van der Waals surface area contributed by atoms with Gasteiger partial charge in [-0.05, 0) is 31.9 Å². The van der Waals surface area contributed by atoms with Gasteiger partial charge in [-0.15, -0.1) is 0 Å². The van der Waals surface area contributed by atoms with Gasteiger partial charge < -0.3 is 4.74 Å². The van der Waals surface area contributed by atoms with Gasteiger partial charge in [-0.2, -0.15) is 5.26 Å². The maximum Gasteiger partial charge on any atom is 0.326 e. The molecule has 0 saturated carbocycles. The van der Waals surface area contributed by atoms with Crippen LogP contribution in [0.25, 0.3) is 0 Å². The first-order valence-electron chi connectivity index (χ1n) is 5.66. The number of nitriles is 1. The standard InChI is InChI=1S/C14H17NO2/c1-4-17-13(16)14(3,10-15)9-12-8-6-5-7-11(12)2/h5-8H,4,9H2,1-3H3. The molecule has 0 saturated heterocycles. The van der Waals surface area contributed by atoms with Crippen LogP contribution in [0.15, 0.2) is 24.3 Å². The highest BCUT2D eigenvalue weighted by molar-refractivity contribution is 5.80. The van der Waals surface area contributed by atoms with E-state index in [-0.39, 0.29) is 0 Å². The van der Waals surface area contributed by atoms with Gasteiger partial charge in [0, 0.05) is 6.42 Å². The molecular weight excluding hydrogens is 214 g/mol. The fourth-order valence-electron chi connectivity index (χ4n) is 1.64. The molecule has 0 aromatic heterocycles. The van der Waals surface area contributed by atoms with Crippen molar-refractivity contribution in [1.29, 1.82) is 5.26 Å². The van der Waals surface area contributed by atoms with Crippen molar-refractivity contribution in [2.24, 2.45) is 5.41 Å². The summed E-state index contributed by atoms with van der Waals surface area (Å²) in [5.41, 5.74) is 0.977. The molecular formula is C14H17NO2. The van der Waals surface area contributed by atoms with Crippen molar-refractivity contribution in [2.75, 3.05) is 6.61 Å². The van der Waals surface area contributed by atoms with Gasteiger partial charge in [0.25, 0.3) is 0 Å². The van der Waals surface area contributed by atoms with E-state index in [1.165, 1.54) is 0 Å². The van der Waals surface area contributed by atoms with E-state index in [2.05, 4.69) is 6.07 Å². The summed E-state index contributed by atoms with van der Waals surface area (Å²) in [4.78, 5) is 11.8. The summed E-state index contributed by atoms with van der Waals surface area (Å²) in [6.45, 7) is 5.63. The van der Waals surface area contributed by atoms with E-state index >= 15 is 0 Å². The third-order valence-corrected chi connectivity index (χ3v) is 2.78. The number of aryl methyl sites for hydroxylation is 1. The third kappa shape index (κ3) is 3.07. The number of hydrogen-bond acceptors (Lipinski definition) is 3. The van der Waals surface area contributed by atoms with Gasteiger partial charge in [-0.25, -0.2) is 0 Å². The van der Waals surface area contributed by atoms with Crippen LogP contribution in [0.1, 0.15) is 25.0 Å². The SMILES string of the molecule is CCOC(=O)C(C)(C#N)Cc1ccccc1C. The Kier molecular flexibility index (Phi) is 4.28. The highest BCUT2D eigenvalue weighted by Gasteiger charge is 2.35. The normalized spacial score (nSPS) is 13.5. The smallest absolute Gasteiger partial charge is 0.326 e. The Morgan fingerprint density at radius 1 is 1.47 bits per heavy atom. The third-order valence-electron chi connectivity index (χ3n) is 2.78. The first-order valence-corrected chi connectivity index (χ1v) is 5.66. The van der Waals surface area contributed by atoms with E-state index in [0.717, 1.165) is 11.1 Å². The van der Waals surface area contributed by atoms with E-state index < -0.39 is 11.4 Å². The van der Waals surface area contributed by atoms with Crippen molar-refractivity contribution in [3.05, 3.63) is 35.4 Å². The molecule has 0 aliphatic heterocycles. The van der Waals surface area contributed by atoms with E-state index in [1.54, 1.807) is 13.8 Å². The summed E-state index contributed by atoms with van der Waals surface area (Å²) < 4.78 is 4.95. The largest absolute Gasteiger partial charge is 0.465 e. The summed E-state index contributed by atoms with van der Waals surface area (Å²) in [7, 11) is 0. The number of esters is 1. The van der Waals surface area contributed by atoms with Gasteiger partial charge >= 0.3 is 5.97 Å². The molecule has 0 aliphatic carbocycles. The lowest BCUT2D eigenvalue weighted by atomic mass is 9.84. The molecule has 1 rings (SSSR count). The van der Waals surface area contributed by atoms with Gasteiger partial charge in [0.15, 0.2) is 5.41 Å². The number of nitrogens with zero attached hydrogens (tertiary/aromatic N) is 1. The zero-order valence-corrected chi connectivity index (χ0v) is 10.5. The van der Waals surface area contributed by atoms with Crippen LogP contribution in [0.5, 0.6) is 0 Å². The number of benzene rings is 1. The molecule has 1 aromatic rings. The number of carbonyl (C=O) groups is 1. The predicted molar refractivity (Wildman–Crippen MR) is 65.2 cm³/mol. The monoisotopic (exact) mass is 231 g/mol. The van der Waals surface area contributed by atoms with Gasteiger partial charge in [-0.3, -0.25) is 4.79 Å². The molecule has 0 aliphatic rings. The molecule has 0 amide bonds. The topological polar surface area (TPSA) is 50.1 Å². The summed E-state index contributed by atoms with van der Waals surface area (Å²) in [5, 5.41) is 9.18. The predicted octanol–water partition coefficient (Wildman–Crippen LogP) is 2.63. The number of carbonyl (C=O) groups excluding carboxylic acids is 1. The van der Waals surface area contributed by atoms with E-state index in [9.17, 15) is 10.1 Å². The van der Waals surface area contributed by atoms with Crippen molar-refractivity contribution >= 4 is 5.97 Å². The average Bonchev–Trinajstić information content (AvgIpc) is 2.32. The molecule has 90 valence electrons. The summed E-state index contributed by atoms with van der Waals surface area (Å²) in [6.07, 6.45) is 0.384. The summed E-state index contributed by atoms with van der Waals surface area (Å²) in [5.74, 6) is -0.453. The summed E-state index contributed by atoms with van der Waals surface area (Å²) in [6, 6.07) is 9.81. The van der Waals surface area contributed by atoms with Crippen LogP contribution in [0.4, 0.5) is 0 Å². The number of hydrogen-bond donors (Lipinski definition) is 0. The Balaban J connectivity index is 2.94. The van der Waals surface area contributed by atoms with Crippen LogP contribution >= 0.6 is 0 Å². The van der Waals surface area contributed by atoms with Crippen LogP contribution in [0, 0.1) is 23.7 Å². The van der Waals surface area contributed by atoms with Gasteiger partial charge in [0.2, 0.25) is 0 Å². The molecule has 1 aromatic carbocycles. The second-order valence-corrected chi connectivity index (χ2v) is 4.27. The maximum atomic E-state index is 11.8. The highest BCUT2D eigenvalue weighted by Crippen LogP contribution is 2.25. The van der Waals surface area contributed by atoms with E-state index in [4.69, 9.17) is 4.74 Å². The molecule has 0 radical (unpaired) electrons. The molecule has 0 fully saturated rings. The quantitative estimate of drug-likeness (QED) is 0.748. The second-order valence-electron chi connectivity index (χ2n) is 4.27. The molecule has 0 bridgehead atoms. The maximum absolute atomic E-state index is 11.8. The fourth-order valence-corrected chi connectivity index (χ4v) is 1.64. The van der Waals surface area contributed by atoms with Crippen LogP contribution in [-0.4, -0.2) is 12.6 Å². The average molecular weight is 231 g/mol. The van der Waals surface area contributed by atoms with E-state index in [1.807, 2.05) is 31.2 Å². The Hall–Kier alpha value is -1.82. The molecule has 0 N–H and O–H groups in total. The zero-order chi connectivity index (χ0) is 12.9. The minimum Gasteiger partial charge on any atom is -0.465 e. The van der Waals surface area contributed by atoms with Gasteiger partial charge in [0.1, 0.15) is 0 Å².